The summed E-state index contributed by atoms with van der Waals surface area (Å²) in [4.78, 5) is 22.8. The van der Waals surface area contributed by atoms with Gasteiger partial charge in [-0.2, -0.15) is 13.2 Å². The Bertz CT molecular complexity index is 921. The number of alkyl halides is 3. The highest BCUT2D eigenvalue weighted by molar-refractivity contribution is 7.99. The van der Waals surface area contributed by atoms with E-state index in [1.807, 2.05) is 25.1 Å². The Hall–Kier alpha value is -2.35. The van der Waals surface area contributed by atoms with Crippen LogP contribution in [0.5, 0.6) is 0 Å². The van der Waals surface area contributed by atoms with Gasteiger partial charge in [-0.1, -0.05) is 36.9 Å². The number of aryl methyl sites for hydroxylation is 1. The van der Waals surface area contributed by atoms with Crippen molar-refractivity contribution in [3.8, 4) is 0 Å². The molecule has 8 heteroatoms. The van der Waals surface area contributed by atoms with Gasteiger partial charge in [0.15, 0.2) is 10.9 Å². The van der Waals surface area contributed by atoms with E-state index in [0.29, 0.717) is 5.56 Å². The van der Waals surface area contributed by atoms with Crippen LogP contribution in [-0.2, 0) is 12.6 Å². The Labute approximate surface area is 145 Å². The van der Waals surface area contributed by atoms with Crippen LogP contribution in [0.4, 0.5) is 13.2 Å². The van der Waals surface area contributed by atoms with Crippen molar-refractivity contribution >= 4 is 28.4 Å². The molecule has 0 spiro atoms. The number of aromatic amines is 1. The topological polar surface area (TPSA) is 58.6 Å². The zero-order valence-electron chi connectivity index (χ0n) is 13.2. The summed E-state index contributed by atoms with van der Waals surface area (Å²) in [6.45, 7) is 2.03. The third-order valence-corrected chi connectivity index (χ3v) is 4.60. The van der Waals surface area contributed by atoms with Crippen molar-refractivity contribution in [2.24, 2.45) is 0 Å². The largest absolute Gasteiger partial charge is 0.433 e. The van der Waals surface area contributed by atoms with Crippen molar-refractivity contribution in [2.45, 2.75) is 24.7 Å². The van der Waals surface area contributed by atoms with E-state index in [1.54, 1.807) is 6.20 Å². The number of benzene rings is 1. The first-order chi connectivity index (χ1) is 11.9. The Morgan fingerprint density at radius 1 is 1.28 bits per heavy atom. The number of rotatable bonds is 5. The molecule has 2 heterocycles. The van der Waals surface area contributed by atoms with Gasteiger partial charge in [0.1, 0.15) is 5.69 Å². The minimum atomic E-state index is -4.53. The lowest BCUT2D eigenvalue weighted by Gasteiger charge is -2.06. The molecule has 0 fully saturated rings. The van der Waals surface area contributed by atoms with Gasteiger partial charge in [-0.3, -0.25) is 4.79 Å². The molecule has 3 aromatic rings. The first kappa shape index (κ1) is 17.5. The molecule has 0 aliphatic rings. The lowest BCUT2D eigenvalue weighted by molar-refractivity contribution is -0.141. The number of hydrogen-bond acceptors (Lipinski definition) is 4. The summed E-state index contributed by atoms with van der Waals surface area (Å²) in [5.74, 6) is -0.226. The number of para-hydroxylation sites is 1. The smallest absolute Gasteiger partial charge is 0.360 e. The summed E-state index contributed by atoms with van der Waals surface area (Å²) in [6.07, 6.45) is -1.02. The molecule has 0 atom stereocenters. The summed E-state index contributed by atoms with van der Waals surface area (Å²) in [6, 6.07) is 6.52. The first-order valence-electron chi connectivity index (χ1n) is 7.55. The van der Waals surface area contributed by atoms with Gasteiger partial charge in [-0.25, -0.2) is 9.97 Å². The second-order valence-electron chi connectivity index (χ2n) is 5.33. The van der Waals surface area contributed by atoms with Crippen LogP contribution in [0.15, 0.2) is 41.8 Å². The van der Waals surface area contributed by atoms with Crippen LogP contribution in [0, 0.1) is 0 Å². The molecular weight excluding hydrogens is 351 g/mol. The van der Waals surface area contributed by atoms with Crippen molar-refractivity contribution in [1.82, 2.24) is 15.0 Å². The van der Waals surface area contributed by atoms with E-state index in [9.17, 15) is 18.0 Å². The monoisotopic (exact) mass is 365 g/mol. The standard InChI is InChI=1S/C17H14F3N3OS/c1-2-10-4-3-5-11-12(8-22-15(10)11)13(24)9-25-16-21-7-6-14(23-16)17(18,19)20/h3-8,22H,2,9H2,1H3. The van der Waals surface area contributed by atoms with E-state index in [4.69, 9.17) is 0 Å². The van der Waals surface area contributed by atoms with Gasteiger partial charge < -0.3 is 4.98 Å². The highest BCUT2D eigenvalue weighted by atomic mass is 32.2. The van der Waals surface area contributed by atoms with Crippen molar-refractivity contribution in [2.75, 3.05) is 5.75 Å². The minimum Gasteiger partial charge on any atom is -0.360 e. The van der Waals surface area contributed by atoms with Gasteiger partial charge in [0.2, 0.25) is 0 Å². The Morgan fingerprint density at radius 2 is 2.08 bits per heavy atom. The van der Waals surface area contributed by atoms with E-state index < -0.39 is 11.9 Å². The summed E-state index contributed by atoms with van der Waals surface area (Å²) >= 11 is 0.890. The fourth-order valence-electron chi connectivity index (χ4n) is 2.52. The average Bonchev–Trinajstić information content (AvgIpc) is 3.03. The van der Waals surface area contributed by atoms with E-state index in [0.717, 1.165) is 46.9 Å². The normalized spacial score (nSPS) is 11.8. The van der Waals surface area contributed by atoms with E-state index in [2.05, 4.69) is 15.0 Å². The van der Waals surface area contributed by atoms with E-state index >= 15 is 0 Å². The molecule has 0 bridgehead atoms. The molecule has 4 nitrogen and oxygen atoms in total. The third-order valence-electron chi connectivity index (χ3n) is 3.74. The summed E-state index contributed by atoms with van der Waals surface area (Å²) in [5.41, 5.74) is 1.51. The molecule has 0 radical (unpaired) electrons. The molecule has 25 heavy (non-hydrogen) atoms. The van der Waals surface area contributed by atoms with Crippen molar-refractivity contribution in [3.63, 3.8) is 0 Å². The summed E-state index contributed by atoms with van der Waals surface area (Å²) in [5, 5.41) is 0.743. The van der Waals surface area contributed by atoms with Gasteiger partial charge in [0.25, 0.3) is 0 Å². The molecule has 3 rings (SSSR count). The number of halogens is 3. The molecule has 0 aliphatic carbocycles. The maximum absolute atomic E-state index is 12.7. The second kappa shape index (κ2) is 6.87. The molecule has 1 aromatic carbocycles. The number of fused-ring (bicyclic) bond motifs is 1. The molecule has 0 saturated carbocycles. The third kappa shape index (κ3) is 3.68. The van der Waals surface area contributed by atoms with Crippen LogP contribution >= 0.6 is 11.8 Å². The second-order valence-corrected chi connectivity index (χ2v) is 6.27. The Morgan fingerprint density at radius 3 is 2.80 bits per heavy atom. The Kier molecular flexibility index (Phi) is 4.80. The zero-order chi connectivity index (χ0) is 18.0. The number of thioether (sulfide) groups is 1. The molecule has 1 N–H and O–H groups in total. The van der Waals surface area contributed by atoms with Crippen molar-refractivity contribution in [1.29, 1.82) is 0 Å². The molecule has 130 valence electrons. The highest BCUT2D eigenvalue weighted by Crippen LogP contribution is 2.29. The molecule has 2 aromatic heterocycles. The fourth-order valence-corrected chi connectivity index (χ4v) is 3.23. The Balaban J connectivity index is 1.78. The van der Waals surface area contributed by atoms with Gasteiger partial charge in [-0.05, 0) is 18.1 Å². The number of nitrogens with zero attached hydrogens (tertiary/aromatic N) is 2. The predicted octanol–water partition coefficient (Wildman–Crippen LogP) is 4.51. The molecule has 0 aliphatic heterocycles. The highest BCUT2D eigenvalue weighted by Gasteiger charge is 2.32. The van der Waals surface area contributed by atoms with Crippen LogP contribution in [0.25, 0.3) is 10.9 Å². The lowest BCUT2D eigenvalue weighted by Crippen LogP contribution is -2.09. The lowest BCUT2D eigenvalue weighted by atomic mass is 10.1. The van der Waals surface area contributed by atoms with Crippen molar-refractivity contribution in [3.05, 3.63) is 53.5 Å². The van der Waals surface area contributed by atoms with Crippen molar-refractivity contribution < 1.29 is 18.0 Å². The predicted molar refractivity (Wildman–Crippen MR) is 89.8 cm³/mol. The number of aromatic nitrogens is 3. The van der Waals surface area contributed by atoms with Gasteiger partial charge in [0, 0.05) is 28.9 Å². The molecule has 0 saturated heterocycles. The number of H-pyrrole nitrogens is 1. The van der Waals surface area contributed by atoms with E-state index in [1.165, 1.54) is 0 Å². The number of carbonyl (C=O) groups excluding carboxylic acids is 1. The molecule has 0 unspecified atom stereocenters. The van der Waals surface area contributed by atoms with Gasteiger partial charge in [-0.15, -0.1) is 0 Å². The maximum Gasteiger partial charge on any atom is 0.433 e. The fraction of sp³-hybridized carbons (Fsp3) is 0.235. The van der Waals surface area contributed by atoms with Crippen LogP contribution in [0.1, 0.15) is 28.5 Å². The van der Waals surface area contributed by atoms with Gasteiger partial charge in [0.05, 0.1) is 5.75 Å². The maximum atomic E-state index is 12.7. The number of carbonyl (C=O) groups is 1. The average molecular weight is 365 g/mol. The minimum absolute atomic E-state index is 0.0371. The molecular formula is C17H14F3N3OS. The summed E-state index contributed by atoms with van der Waals surface area (Å²) in [7, 11) is 0. The SMILES string of the molecule is CCc1cccc2c(C(=O)CSc3nccc(C(F)(F)F)n3)c[nH]c12. The number of Topliss-reactive ketones (excluding diaryl/α,β-unsaturated/α-hetero) is 1. The number of nitrogens with one attached hydrogen (secondary N) is 1. The quantitative estimate of drug-likeness (QED) is 0.410. The van der Waals surface area contributed by atoms with Gasteiger partial charge >= 0.3 is 6.18 Å². The summed E-state index contributed by atoms with van der Waals surface area (Å²) < 4.78 is 38.0. The van der Waals surface area contributed by atoms with Crippen LogP contribution in [0.3, 0.4) is 0 Å². The molecule has 0 amide bonds. The zero-order valence-corrected chi connectivity index (χ0v) is 14.0. The number of ketones is 1. The van der Waals surface area contributed by atoms with Crippen LogP contribution in [0.2, 0.25) is 0 Å². The van der Waals surface area contributed by atoms with Crippen LogP contribution < -0.4 is 0 Å². The van der Waals surface area contributed by atoms with E-state index in [-0.39, 0.29) is 16.7 Å². The first-order valence-corrected chi connectivity index (χ1v) is 8.54. The number of hydrogen-bond donors (Lipinski definition) is 1. The van der Waals surface area contributed by atoms with Crippen LogP contribution in [-0.4, -0.2) is 26.5 Å².